The summed E-state index contributed by atoms with van der Waals surface area (Å²) >= 11 is 0. The lowest BCUT2D eigenvalue weighted by Gasteiger charge is -2.25. The number of carbonyl (C=O) groups excluding carboxylic acids is 1. The van der Waals surface area contributed by atoms with Crippen LogP contribution in [0.15, 0.2) is 18.2 Å². The molecule has 0 aromatic heterocycles. The van der Waals surface area contributed by atoms with Crippen LogP contribution < -0.4 is 5.73 Å². The van der Waals surface area contributed by atoms with Gasteiger partial charge >= 0.3 is 0 Å². The Morgan fingerprint density at radius 2 is 2.21 bits per heavy atom. The van der Waals surface area contributed by atoms with Gasteiger partial charge in [0.1, 0.15) is 0 Å². The molecule has 0 fully saturated rings. The molecule has 1 aromatic carbocycles. The average molecular weight is 190 g/mol. The number of hydrogen-bond acceptors (Lipinski definition) is 2. The zero-order valence-electron chi connectivity index (χ0n) is 8.29. The van der Waals surface area contributed by atoms with Crippen molar-refractivity contribution in [3.63, 3.8) is 0 Å². The molecule has 1 amide bonds. The van der Waals surface area contributed by atoms with Gasteiger partial charge in [0.25, 0.3) is 0 Å². The summed E-state index contributed by atoms with van der Waals surface area (Å²) in [6.07, 6.45) is 1.06. The van der Waals surface area contributed by atoms with Gasteiger partial charge in [-0.15, -0.1) is 0 Å². The van der Waals surface area contributed by atoms with Gasteiger partial charge in [-0.1, -0.05) is 6.07 Å². The second-order valence-corrected chi connectivity index (χ2v) is 3.84. The van der Waals surface area contributed by atoms with Gasteiger partial charge < -0.3 is 10.6 Å². The van der Waals surface area contributed by atoms with E-state index in [0.717, 1.165) is 19.5 Å². The van der Waals surface area contributed by atoms with E-state index < -0.39 is 0 Å². The number of carbonyl (C=O) groups is 1. The lowest BCUT2D eigenvalue weighted by molar-refractivity contribution is 0.1000. The lowest BCUT2D eigenvalue weighted by Crippen LogP contribution is -2.27. The maximum Gasteiger partial charge on any atom is 0.248 e. The Morgan fingerprint density at radius 3 is 2.93 bits per heavy atom. The van der Waals surface area contributed by atoms with Crippen molar-refractivity contribution in [3.8, 4) is 0 Å². The van der Waals surface area contributed by atoms with Crippen molar-refractivity contribution < 1.29 is 4.79 Å². The summed E-state index contributed by atoms with van der Waals surface area (Å²) in [5, 5.41) is 0. The van der Waals surface area contributed by atoms with Crippen LogP contribution >= 0.6 is 0 Å². The third-order valence-electron chi connectivity index (χ3n) is 2.69. The number of fused-ring (bicyclic) bond motifs is 1. The summed E-state index contributed by atoms with van der Waals surface area (Å²) in [6.45, 7) is 2.00. The molecule has 14 heavy (non-hydrogen) atoms. The topological polar surface area (TPSA) is 46.3 Å². The van der Waals surface area contributed by atoms with Crippen molar-refractivity contribution >= 4 is 5.91 Å². The Labute approximate surface area is 83.5 Å². The van der Waals surface area contributed by atoms with Crippen LogP contribution in [0.4, 0.5) is 0 Å². The van der Waals surface area contributed by atoms with Gasteiger partial charge in [-0.05, 0) is 36.7 Å². The predicted octanol–water partition coefficient (Wildman–Crippen LogP) is 0.773. The smallest absolute Gasteiger partial charge is 0.248 e. The summed E-state index contributed by atoms with van der Waals surface area (Å²) in [4.78, 5) is 13.2. The van der Waals surface area contributed by atoms with E-state index >= 15 is 0 Å². The molecule has 1 aliphatic rings. The maximum absolute atomic E-state index is 11.0. The van der Waals surface area contributed by atoms with E-state index in [1.807, 2.05) is 18.2 Å². The first kappa shape index (κ1) is 9.21. The fraction of sp³-hybridized carbons (Fsp3) is 0.364. The van der Waals surface area contributed by atoms with E-state index in [4.69, 9.17) is 5.73 Å². The van der Waals surface area contributed by atoms with Gasteiger partial charge in [0, 0.05) is 18.7 Å². The highest BCUT2D eigenvalue weighted by molar-refractivity contribution is 5.93. The standard InChI is InChI=1S/C11H14N2O/c1-13-5-4-8-2-3-9(11(12)14)6-10(8)7-13/h2-3,6H,4-5,7H2,1H3,(H2,12,14). The van der Waals surface area contributed by atoms with Gasteiger partial charge in [-0.2, -0.15) is 0 Å². The lowest BCUT2D eigenvalue weighted by atomic mass is 9.97. The normalized spacial score (nSPS) is 16.4. The second-order valence-electron chi connectivity index (χ2n) is 3.84. The Morgan fingerprint density at radius 1 is 1.43 bits per heavy atom. The molecule has 0 saturated heterocycles. The number of rotatable bonds is 1. The molecular weight excluding hydrogens is 176 g/mol. The van der Waals surface area contributed by atoms with Crippen LogP contribution in [-0.2, 0) is 13.0 Å². The number of benzene rings is 1. The van der Waals surface area contributed by atoms with Crippen molar-refractivity contribution in [3.05, 3.63) is 34.9 Å². The van der Waals surface area contributed by atoms with Crippen molar-refractivity contribution in [2.75, 3.05) is 13.6 Å². The molecule has 2 rings (SSSR count). The SMILES string of the molecule is CN1CCc2ccc(C(N)=O)cc2C1. The number of primary amides is 1. The summed E-state index contributed by atoms with van der Waals surface area (Å²) < 4.78 is 0. The van der Waals surface area contributed by atoms with E-state index in [1.54, 1.807) is 0 Å². The molecule has 74 valence electrons. The van der Waals surface area contributed by atoms with Crippen LogP contribution in [0, 0.1) is 0 Å². The van der Waals surface area contributed by atoms with Crippen molar-refractivity contribution in [1.29, 1.82) is 0 Å². The minimum absolute atomic E-state index is 0.346. The van der Waals surface area contributed by atoms with Gasteiger partial charge in [-0.25, -0.2) is 0 Å². The first-order valence-electron chi connectivity index (χ1n) is 4.77. The minimum atomic E-state index is -0.346. The number of nitrogens with two attached hydrogens (primary N) is 1. The van der Waals surface area contributed by atoms with Gasteiger partial charge in [0.2, 0.25) is 5.91 Å². The predicted molar refractivity (Wildman–Crippen MR) is 55.0 cm³/mol. The van der Waals surface area contributed by atoms with Crippen LogP contribution in [0.3, 0.4) is 0 Å². The van der Waals surface area contributed by atoms with Gasteiger partial charge in [0.15, 0.2) is 0 Å². The average Bonchev–Trinajstić information content (AvgIpc) is 2.16. The number of hydrogen-bond donors (Lipinski definition) is 1. The molecule has 0 bridgehead atoms. The zero-order valence-corrected chi connectivity index (χ0v) is 8.29. The second kappa shape index (κ2) is 3.42. The molecule has 3 nitrogen and oxygen atoms in total. The molecule has 2 N–H and O–H groups in total. The molecule has 3 heteroatoms. The highest BCUT2D eigenvalue weighted by Crippen LogP contribution is 2.19. The van der Waals surface area contributed by atoms with Gasteiger partial charge in [-0.3, -0.25) is 4.79 Å². The van der Waals surface area contributed by atoms with Crippen molar-refractivity contribution in [2.24, 2.45) is 5.73 Å². The number of amides is 1. The summed E-state index contributed by atoms with van der Waals surface area (Å²) in [5.41, 5.74) is 8.41. The summed E-state index contributed by atoms with van der Waals surface area (Å²) in [7, 11) is 2.08. The van der Waals surface area contributed by atoms with Gasteiger partial charge in [0.05, 0.1) is 0 Å². The van der Waals surface area contributed by atoms with E-state index in [9.17, 15) is 4.79 Å². The first-order chi connectivity index (χ1) is 6.66. The Hall–Kier alpha value is -1.35. The fourth-order valence-electron chi connectivity index (χ4n) is 1.85. The Kier molecular flexibility index (Phi) is 2.25. The molecule has 1 aliphatic heterocycles. The molecule has 0 atom stereocenters. The van der Waals surface area contributed by atoms with E-state index in [0.29, 0.717) is 5.56 Å². The summed E-state index contributed by atoms with van der Waals surface area (Å²) in [6, 6.07) is 5.74. The Balaban J connectivity index is 2.37. The van der Waals surface area contributed by atoms with Crippen molar-refractivity contribution in [1.82, 2.24) is 4.90 Å². The largest absolute Gasteiger partial charge is 0.366 e. The molecular formula is C11H14N2O. The molecule has 1 aromatic rings. The third kappa shape index (κ3) is 1.63. The van der Waals surface area contributed by atoms with Crippen LogP contribution in [-0.4, -0.2) is 24.4 Å². The molecule has 1 heterocycles. The zero-order chi connectivity index (χ0) is 10.1. The quantitative estimate of drug-likeness (QED) is 0.711. The van der Waals surface area contributed by atoms with Crippen LogP contribution in [0.25, 0.3) is 0 Å². The van der Waals surface area contributed by atoms with Crippen LogP contribution in [0.5, 0.6) is 0 Å². The first-order valence-corrected chi connectivity index (χ1v) is 4.77. The van der Waals surface area contributed by atoms with E-state index in [1.165, 1.54) is 11.1 Å². The number of likely N-dealkylation sites (N-methyl/N-ethyl adjacent to an activating group) is 1. The number of nitrogens with zero attached hydrogens (tertiary/aromatic N) is 1. The monoisotopic (exact) mass is 190 g/mol. The van der Waals surface area contributed by atoms with Crippen LogP contribution in [0.1, 0.15) is 21.5 Å². The molecule has 0 spiro atoms. The van der Waals surface area contributed by atoms with E-state index in [-0.39, 0.29) is 5.91 Å². The third-order valence-corrected chi connectivity index (χ3v) is 2.69. The maximum atomic E-state index is 11.0. The molecule has 0 radical (unpaired) electrons. The minimum Gasteiger partial charge on any atom is -0.366 e. The molecule has 0 aliphatic carbocycles. The summed E-state index contributed by atoms with van der Waals surface area (Å²) in [5.74, 6) is -0.346. The Bertz CT molecular complexity index is 374. The van der Waals surface area contributed by atoms with Crippen LogP contribution in [0.2, 0.25) is 0 Å². The van der Waals surface area contributed by atoms with E-state index in [2.05, 4.69) is 11.9 Å². The highest BCUT2D eigenvalue weighted by Gasteiger charge is 2.14. The molecule has 0 unspecified atom stereocenters. The highest BCUT2D eigenvalue weighted by atomic mass is 16.1. The fourth-order valence-corrected chi connectivity index (χ4v) is 1.85. The van der Waals surface area contributed by atoms with Crippen molar-refractivity contribution in [2.45, 2.75) is 13.0 Å². The molecule has 0 saturated carbocycles.